The average molecular weight is 538 g/mol. The lowest BCUT2D eigenvalue weighted by Crippen LogP contribution is -2.45. The molecule has 2 aliphatic rings. The molecule has 2 aromatic heterocycles. The van der Waals surface area contributed by atoms with Gasteiger partial charge in [0.15, 0.2) is 11.6 Å². The molecule has 0 atom stereocenters. The van der Waals surface area contributed by atoms with Gasteiger partial charge in [-0.3, -0.25) is 9.78 Å². The molecular weight excluding hydrogens is 502 g/mol. The van der Waals surface area contributed by atoms with Crippen molar-refractivity contribution < 1.29 is 14.3 Å². The summed E-state index contributed by atoms with van der Waals surface area (Å²) in [5, 5.41) is 5.38. The topological polar surface area (TPSA) is 82.4 Å². The molecule has 8 nitrogen and oxygen atoms in total. The van der Waals surface area contributed by atoms with E-state index in [1.165, 1.54) is 12.8 Å². The first-order valence-corrected chi connectivity index (χ1v) is 14.0. The van der Waals surface area contributed by atoms with Gasteiger partial charge in [0.1, 0.15) is 5.75 Å². The number of nitrogens with zero attached hydrogens (tertiary/aromatic N) is 5. The lowest BCUT2D eigenvalue weighted by atomic mass is 9.86. The molecule has 0 unspecified atom stereocenters. The van der Waals surface area contributed by atoms with E-state index in [9.17, 15) is 4.79 Å². The number of carbonyl (C=O) groups is 1. The Balaban J connectivity index is 1.41. The summed E-state index contributed by atoms with van der Waals surface area (Å²) < 4.78 is 12.8. The van der Waals surface area contributed by atoms with Gasteiger partial charge in [0.05, 0.1) is 24.8 Å². The summed E-state index contributed by atoms with van der Waals surface area (Å²) in [5.74, 6) is 2.30. The van der Waals surface area contributed by atoms with E-state index in [2.05, 4.69) is 9.88 Å². The number of hydrogen-bond donors (Lipinski definition) is 0. The molecule has 38 heavy (non-hydrogen) atoms. The number of benzene rings is 1. The molecule has 9 heteroatoms. The molecule has 0 aliphatic heterocycles. The van der Waals surface area contributed by atoms with Crippen LogP contribution in [-0.2, 0) is 16.1 Å². The molecule has 0 saturated heterocycles. The third kappa shape index (κ3) is 5.86. The van der Waals surface area contributed by atoms with Crippen LogP contribution in [0.2, 0.25) is 5.02 Å². The van der Waals surface area contributed by atoms with E-state index in [4.69, 9.17) is 31.2 Å². The van der Waals surface area contributed by atoms with Gasteiger partial charge in [-0.25, -0.2) is 9.67 Å². The number of carbonyl (C=O) groups excluding carboxylic acids is 1. The van der Waals surface area contributed by atoms with E-state index in [-0.39, 0.29) is 17.9 Å². The maximum absolute atomic E-state index is 13.8. The third-order valence-electron chi connectivity index (χ3n) is 7.98. The molecule has 2 aliphatic carbocycles. The van der Waals surface area contributed by atoms with Crippen molar-refractivity contribution in [1.82, 2.24) is 24.6 Å². The van der Waals surface area contributed by atoms with Crippen LogP contribution in [0.4, 0.5) is 0 Å². The quantitative estimate of drug-likeness (QED) is 0.351. The van der Waals surface area contributed by atoms with Crippen LogP contribution in [-0.4, -0.2) is 63.5 Å². The zero-order valence-corrected chi connectivity index (χ0v) is 22.9. The molecule has 3 aromatic rings. The van der Waals surface area contributed by atoms with Crippen LogP contribution in [0.15, 0.2) is 42.7 Å². The summed E-state index contributed by atoms with van der Waals surface area (Å²) in [6.45, 7) is 1.15. The predicted octanol–water partition coefficient (Wildman–Crippen LogP) is 5.65. The Morgan fingerprint density at radius 3 is 2.42 bits per heavy atom. The maximum atomic E-state index is 13.8. The number of methoxy groups -OCH3 is 2. The van der Waals surface area contributed by atoms with Crippen LogP contribution in [0, 0.1) is 5.92 Å². The van der Waals surface area contributed by atoms with Gasteiger partial charge >= 0.3 is 0 Å². The lowest BCUT2D eigenvalue weighted by Gasteiger charge is -2.35. The smallest absolute Gasteiger partial charge is 0.225 e. The first-order valence-electron chi connectivity index (χ1n) is 13.6. The minimum atomic E-state index is 0.0741. The van der Waals surface area contributed by atoms with Crippen LogP contribution < -0.4 is 4.74 Å². The van der Waals surface area contributed by atoms with Gasteiger partial charge < -0.3 is 14.4 Å². The number of rotatable bonds is 9. The van der Waals surface area contributed by atoms with Crippen molar-refractivity contribution in [2.45, 2.75) is 70.1 Å². The molecule has 2 heterocycles. The normalized spacial score (nSPS) is 20.0. The number of aromatic nitrogens is 4. The van der Waals surface area contributed by atoms with E-state index in [1.54, 1.807) is 26.6 Å². The first kappa shape index (κ1) is 26.6. The SMILES string of the molecule is COc1ccc(-c2nc(-c3ccncc3)nn2CCN(C(=O)C2CCC(OC)CC2)C2CCCC2)cc1Cl. The van der Waals surface area contributed by atoms with E-state index < -0.39 is 0 Å². The molecule has 202 valence electrons. The van der Waals surface area contributed by atoms with Crippen LogP contribution in [0.5, 0.6) is 5.75 Å². The van der Waals surface area contributed by atoms with E-state index >= 15 is 0 Å². The van der Waals surface area contributed by atoms with E-state index in [1.807, 2.05) is 35.0 Å². The molecule has 5 rings (SSSR count). The lowest BCUT2D eigenvalue weighted by molar-refractivity contribution is -0.140. The van der Waals surface area contributed by atoms with Crippen LogP contribution >= 0.6 is 11.6 Å². The fourth-order valence-electron chi connectivity index (χ4n) is 5.81. The molecule has 0 spiro atoms. The van der Waals surface area contributed by atoms with Crippen molar-refractivity contribution in [3.63, 3.8) is 0 Å². The fourth-order valence-corrected chi connectivity index (χ4v) is 6.07. The summed E-state index contributed by atoms with van der Waals surface area (Å²) in [7, 11) is 3.37. The van der Waals surface area contributed by atoms with Gasteiger partial charge in [0.2, 0.25) is 5.91 Å². The minimum absolute atomic E-state index is 0.0741. The molecule has 0 N–H and O–H groups in total. The highest BCUT2D eigenvalue weighted by atomic mass is 35.5. The Kier molecular flexibility index (Phi) is 8.59. The van der Waals surface area contributed by atoms with Gasteiger partial charge in [-0.2, -0.15) is 5.10 Å². The molecule has 1 aromatic carbocycles. The molecule has 0 bridgehead atoms. The molecule has 2 saturated carbocycles. The molecule has 1 amide bonds. The molecular formula is C29H36ClN5O3. The number of amides is 1. The van der Waals surface area contributed by atoms with Gasteiger partial charge in [0, 0.05) is 49.1 Å². The van der Waals surface area contributed by atoms with Crippen LogP contribution in [0.3, 0.4) is 0 Å². The Hall–Kier alpha value is -2.97. The summed E-state index contributed by atoms with van der Waals surface area (Å²) >= 11 is 6.46. The Morgan fingerprint density at radius 1 is 1.03 bits per heavy atom. The highest BCUT2D eigenvalue weighted by molar-refractivity contribution is 6.32. The molecule has 0 radical (unpaired) electrons. The van der Waals surface area contributed by atoms with E-state index in [0.717, 1.165) is 49.7 Å². The second-order valence-corrected chi connectivity index (χ2v) is 10.7. The minimum Gasteiger partial charge on any atom is -0.495 e. The van der Waals surface area contributed by atoms with Crippen molar-refractivity contribution in [3.8, 4) is 28.5 Å². The summed E-state index contributed by atoms with van der Waals surface area (Å²) in [5.41, 5.74) is 1.73. The second kappa shape index (κ2) is 12.3. The third-order valence-corrected chi connectivity index (χ3v) is 8.27. The largest absolute Gasteiger partial charge is 0.495 e. The standard InChI is InChI=1S/C29H36ClN5O3/c1-37-24-10-7-21(8-11-24)29(36)34(23-5-3-4-6-23)17-18-35-28(22-9-12-26(38-2)25(30)19-22)32-27(33-35)20-13-15-31-16-14-20/h9,12-16,19,21,23-24H,3-8,10-11,17-18H2,1-2H3. The number of ether oxygens (including phenoxy) is 2. The van der Waals surface area contributed by atoms with Crippen LogP contribution in [0.1, 0.15) is 51.4 Å². The predicted molar refractivity (Wildman–Crippen MR) is 147 cm³/mol. The maximum Gasteiger partial charge on any atom is 0.225 e. The van der Waals surface area contributed by atoms with Crippen LogP contribution in [0.25, 0.3) is 22.8 Å². The first-order chi connectivity index (χ1) is 18.6. The summed E-state index contributed by atoms with van der Waals surface area (Å²) in [4.78, 5) is 24.9. The van der Waals surface area contributed by atoms with Gasteiger partial charge in [-0.05, 0) is 68.9 Å². The monoisotopic (exact) mass is 537 g/mol. The Labute approximate surface area is 229 Å². The van der Waals surface area contributed by atoms with E-state index in [0.29, 0.717) is 41.6 Å². The van der Waals surface area contributed by atoms with Gasteiger partial charge in [-0.15, -0.1) is 0 Å². The van der Waals surface area contributed by atoms with Gasteiger partial charge in [0.25, 0.3) is 0 Å². The van der Waals surface area contributed by atoms with Crippen molar-refractivity contribution in [2.24, 2.45) is 5.92 Å². The zero-order valence-electron chi connectivity index (χ0n) is 22.2. The van der Waals surface area contributed by atoms with Gasteiger partial charge in [-0.1, -0.05) is 24.4 Å². The Morgan fingerprint density at radius 2 is 1.76 bits per heavy atom. The Bertz CT molecular complexity index is 1220. The zero-order chi connectivity index (χ0) is 26.5. The number of pyridine rings is 1. The number of hydrogen-bond acceptors (Lipinski definition) is 6. The van der Waals surface area contributed by atoms with Crippen molar-refractivity contribution in [3.05, 3.63) is 47.7 Å². The number of halogens is 1. The fraction of sp³-hybridized carbons (Fsp3) is 0.517. The van der Waals surface area contributed by atoms with Crippen molar-refractivity contribution in [1.29, 1.82) is 0 Å². The highest BCUT2D eigenvalue weighted by Gasteiger charge is 2.34. The highest BCUT2D eigenvalue weighted by Crippen LogP contribution is 2.33. The summed E-state index contributed by atoms with van der Waals surface area (Å²) in [6.07, 6.45) is 11.9. The second-order valence-electron chi connectivity index (χ2n) is 10.2. The van der Waals surface area contributed by atoms with Crippen molar-refractivity contribution >= 4 is 17.5 Å². The summed E-state index contributed by atoms with van der Waals surface area (Å²) in [6, 6.07) is 9.73. The molecule has 2 fully saturated rings. The van der Waals surface area contributed by atoms with Crippen molar-refractivity contribution in [2.75, 3.05) is 20.8 Å². The average Bonchev–Trinajstić information content (AvgIpc) is 3.64.